The minimum atomic E-state index is -3.70. The molecule has 0 unspecified atom stereocenters. The molecule has 0 radical (unpaired) electrons. The molecule has 0 bridgehead atoms. The molecule has 0 aliphatic rings. The van der Waals surface area contributed by atoms with Crippen molar-refractivity contribution >= 4 is 37.4 Å². The van der Waals surface area contributed by atoms with Gasteiger partial charge in [0.1, 0.15) is 10.7 Å². The predicted octanol–water partition coefficient (Wildman–Crippen LogP) is 1.62. The van der Waals surface area contributed by atoms with E-state index in [1.807, 2.05) is 0 Å². The quantitative estimate of drug-likeness (QED) is 0.666. The molecule has 1 aromatic carbocycles. The monoisotopic (exact) mass is 338 g/mol. The SMILES string of the molecule is Cc1cc(C(C)(C)[SH](=O)=O)c(S(C)(=O)=O)cc1C(=O)Cl. The fraction of sp³-hybridized carbons (Fsp3) is 0.417. The van der Waals surface area contributed by atoms with E-state index in [1.165, 1.54) is 19.9 Å². The number of aryl methyl sites for hydroxylation is 1. The maximum Gasteiger partial charge on any atom is 0.252 e. The lowest BCUT2D eigenvalue weighted by Gasteiger charge is -2.22. The third-order valence-electron chi connectivity index (χ3n) is 3.05. The average Bonchev–Trinajstić information content (AvgIpc) is 2.26. The lowest BCUT2D eigenvalue weighted by atomic mass is 9.97. The smallest absolute Gasteiger partial charge is 0.252 e. The Morgan fingerprint density at radius 1 is 1.25 bits per heavy atom. The van der Waals surface area contributed by atoms with Crippen molar-refractivity contribution in [2.45, 2.75) is 30.4 Å². The highest BCUT2D eigenvalue weighted by Crippen LogP contribution is 2.33. The standard InChI is InChI=1S/C12H15ClO5S2/c1-7-5-9(12(2,3)19(15)16)10(20(4,17)18)6-8(7)11(13)14/h5-6,19H,1-4H3. The summed E-state index contributed by atoms with van der Waals surface area (Å²) in [4.78, 5) is 11.1. The van der Waals surface area contributed by atoms with Crippen LogP contribution in [0.15, 0.2) is 17.0 Å². The molecule has 0 N–H and O–H groups in total. The van der Waals surface area contributed by atoms with Gasteiger partial charge in [0.15, 0.2) is 9.84 Å². The van der Waals surface area contributed by atoms with Crippen LogP contribution >= 0.6 is 11.6 Å². The van der Waals surface area contributed by atoms with E-state index in [2.05, 4.69) is 0 Å². The summed E-state index contributed by atoms with van der Waals surface area (Å²) < 4.78 is 45.1. The molecule has 1 aromatic rings. The average molecular weight is 339 g/mol. The van der Waals surface area contributed by atoms with Gasteiger partial charge in [-0.05, 0) is 49.6 Å². The zero-order valence-electron chi connectivity index (χ0n) is 11.4. The summed E-state index contributed by atoms with van der Waals surface area (Å²) in [6, 6.07) is 2.52. The molecular weight excluding hydrogens is 324 g/mol. The number of hydrogen-bond acceptors (Lipinski definition) is 5. The van der Waals surface area contributed by atoms with Crippen LogP contribution in [0.3, 0.4) is 0 Å². The second-order valence-corrected chi connectivity index (χ2v) is 8.98. The fourth-order valence-corrected chi connectivity index (χ4v) is 3.49. The number of carbonyl (C=O) groups excluding carboxylic acids is 1. The van der Waals surface area contributed by atoms with Crippen molar-refractivity contribution in [1.29, 1.82) is 0 Å². The van der Waals surface area contributed by atoms with Gasteiger partial charge in [0.05, 0.1) is 9.64 Å². The van der Waals surface area contributed by atoms with Gasteiger partial charge in [0.2, 0.25) is 0 Å². The first-order valence-electron chi connectivity index (χ1n) is 5.58. The maximum absolute atomic E-state index is 11.9. The summed E-state index contributed by atoms with van der Waals surface area (Å²) in [6.45, 7) is 4.38. The van der Waals surface area contributed by atoms with Crippen LogP contribution in [0.25, 0.3) is 0 Å². The first-order valence-corrected chi connectivity index (χ1v) is 9.03. The van der Waals surface area contributed by atoms with Crippen molar-refractivity contribution in [3.8, 4) is 0 Å². The van der Waals surface area contributed by atoms with Gasteiger partial charge >= 0.3 is 0 Å². The van der Waals surface area contributed by atoms with Crippen molar-refractivity contribution in [3.05, 3.63) is 28.8 Å². The molecule has 112 valence electrons. The summed E-state index contributed by atoms with van der Waals surface area (Å²) in [6.07, 6.45) is 0.956. The lowest BCUT2D eigenvalue weighted by molar-refractivity contribution is 0.108. The zero-order valence-corrected chi connectivity index (χ0v) is 13.9. The van der Waals surface area contributed by atoms with Crippen LogP contribution in [0.4, 0.5) is 0 Å². The van der Waals surface area contributed by atoms with Crippen molar-refractivity contribution in [3.63, 3.8) is 0 Å². The minimum absolute atomic E-state index is 0.0489. The maximum atomic E-state index is 11.9. The first-order chi connectivity index (χ1) is 8.89. The van der Waals surface area contributed by atoms with Crippen LogP contribution in [-0.4, -0.2) is 28.3 Å². The molecule has 0 atom stereocenters. The van der Waals surface area contributed by atoms with Crippen LogP contribution in [0.2, 0.25) is 0 Å². The number of carbonyl (C=O) groups is 1. The summed E-state index contributed by atoms with van der Waals surface area (Å²) in [5.74, 6) is 0. The third-order valence-corrected chi connectivity index (χ3v) is 5.55. The molecule has 1 rings (SSSR count). The topological polar surface area (TPSA) is 85.3 Å². The third kappa shape index (κ3) is 3.21. The second kappa shape index (κ2) is 5.46. The van der Waals surface area contributed by atoms with Gasteiger partial charge in [-0.15, -0.1) is 0 Å². The first kappa shape index (κ1) is 17.1. The Bertz CT molecular complexity index is 737. The van der Waals surface area contributed by atoms with Crippen LogP contribution in [-0.2, 0) is 25.3 Å². The predicted molar refractivity (Wildman–Crippen MR) is 77.8 cm³/mol. The molecule has 0 spiro atoms. The molecule has 0 aliphatic heterocycles. The minimum Gasteiger partial charge on any atom is -0.276 e. The number of rotatable bonds is 4. The van der Waals surface area contributed by atoms with E-state index in [4.69, 9.17) is 11.6 Å². The van der Waals surface area contributed by atoms with Crippen molar-refractivity contribution in [2.75, 3.05) is 6.26 Å². The van der Waals surface area contributed by atoms with Crippen LogP contribution in [0.5, 0.6) is 0 Å². The van der Waals surface area contributed by atoms with E-state index >= 15 is 0 Å². The van der Waals surface area contributed by atoms with Gasteiger partial charge in [-0.2, -0.15) is 0 Å². The van der Waals surface area contributed by atoms with Crippen molar-refractivity contribution in [2.24, 2.45) is 0 Å². The summed E-state index contributed by atoms with van der Waals surface area (Å²) >= 11 is 5.41. The van der Waals surface area contributed by atoms with Gasteiger partial charge in [-0.25, -0.2) is 16.8 Å². The number of sulfone groups is 1. The number of hydrogen-bond donors (Lipinski definition) is 1. The molecule has 8 heteroatoms. The fourth-order valence-electron chi connectivity index (χ4n) is 1.78. The Kier molecular flexibility index (Phi) is 4.68. The van der Waals surface area contributed by atoms with Gasteiger partial charge in [0, 0.05) is 11.8 Å². The largest absolute Gasteiger partial charge is 0.276 e. The number of thiol groups is 1. The zero-order chi connectivity index (χ0) is 15.9. The molecule has 0 aromatic heterocycles. The Morgan fingerprint density at radius 2 is 1.75 bits per heavy atom. The number of halogens is 1. The van der Waals surface area contributed by atoms with E-state index in [9.17, 15) is 21.6 Å². The molecule has 5 nitrogen and oxygen atoms in total. The Hall–Kier alpha value is -0.920. The Labute approximate surface area is 124 Å². The van der Waals surface area contributed by atoms with E-state index in [-0.39, 0.29) is 16.0 Å². The Morgan fingerprint density at radius 3 is 2.10 bits per heavy atom. The highest BCUT2D eigenvalue weighted by molar-refractivity contribution is 7.90. The van der Waals surface area contributed by atoms with Crippen LogP contribution < -0.4 is 0 Å². The highest BCUT2D eigenvalue weighted by atomic mass is 35.5. The van der Waals surface area contributed by atoms with Gasteiger partial charge in [-0.3, -0.25) is 4.79 Å². The Balaban J connectivity index is 3.87. The number of benzene rings is 1. The van der Waals surface area contributed by atoms with E-state index in [1.54, 1.807) is 6.92 Å². The van der Waals surface area contributed by atoms with Crippen molar-refractivity contribution < 1.29 is 21.6 Å². The van der Waals surface area contributed by atoms with Gasteiger partial charge in [-0.1, -0.05) is 6.07 Å². The summed E-state index contributed by atoms with van der Waals surface area (Å²) in [7, 11) is -6.60. The van der Waals surface area contributed by atoms with Crippen LogP contribution in [0.1, 0.15) is 35.3 Å². The molecule has 0 heterocycles. The van der Waals surface area contributed by atoms with Gasteiger partial charge in [0.25, 0.3) is 5.24 Å². The normalized spacial score (nSPS) is 12.7. The van der Waals surface area contributed by atoms with E-state index in [0.717, 1.165) is 12.3 Å². The molecule has 0 amide bonds. The molecule has 0 saturated carbocycles. The molecule has 0 saturated heterocycles. The van der Waals surface area contributed by atoms with E-state index < -0.39 is 30.5 Å². The molecule has 0 aliphatic carbocycles. The van der Waals surface area contributed by atoms with Crippen LogP contribution in [0, 0.1) is 6.92 Å². The second-order valence-electron chi connectivity index (χ2n) is 5.03. The van der Waals surface area contributed by atoms with E-state index in [0.29, 0.717) is 5.56 Å². The lowest BCUT2D eigenvalue weighted by Crippen LogP contribution is -2.23. The molecular formula is C12H15ClO5S2. The highest BCUT2D eigenvalue weighted by Gasteiger charge is 2.31. The molecule has 0 fully saturated rings. The summed E-state index contributed by atoms with van der Waals surface area (Å²) in [5, 5.41) is -0.789. The van der Waals surface area contributed by atoms with Gasteiger partial charge < -0.3 is 0 Å². The van der Waals surface area contributed by atoms with Crippen molar-refractivity contribution in [1.82, 2.24) is 0 Å². The summed E-state index contributed by atoms with van der Waals surface area (Å²) in [5.41, 5.74) is 0.611. The molecule has 20 heavy (non-hydrogen) atoms.